The summed E-state index contributed by atoms with van der Waals surface area (Å²) in [6.07, 6.45) is 11.6. The molecule has 0 unspecified atom stereocenters. The van der Waals surface area contributed by atoms with Gasteiger partial charge in [0, 0.05) is 12.2 Å². The molecule has 0 amide bonds. The van der Waals surface area contributed by atoms with E-state index >= 15 is 0 Å². The summed E-state index contributed by atoms with van der Waals surface area (Å²) in [7, 11) is 0. The number of rotatable bonds is 23. The first-order chi connectivity index (χ1) is 24.3. The maximum Gasteiger partial charge on any atom is 0.338 e. The van der Waals surface area contributed by atoms with Gasteiger partial charge in [0.15, 0.2) is 0 Å². The Morgan fingerprint density at radius 2 is 1.06 bits per heavy atom. The summed E-state index contributed by atoms with van der Waals surface area (Å²) in [5.74, 6) is -0.0892. The van der Waals surface area contributed by atoms with E-state index in [0.717, 1.165) is 69.9 Å². The molecule has 1 saturated carbocycles. The molecule has 10 heteroatoms. The van der Waals surface area contributed by atoms with E-state index in [-0.39, 0.29) is 30.1 Å². The molecule has 2 aromatic rings. The van der Waals surface area contributed by atoms with Crippen LogP contribution in [0, 0.1) is 5.92 Å². The molecule has 0 spiro atoms. The van der Waals surface area contributed by atoms with E-state index in [1.54, 1.807) is 48.5 Å². The summed E-state index contributed by atoms with van der Waals surface area (Å²) in [6, 6.07) is 13.9. The van der Waals surface area contributed by atoms with Gasteiger partial charge in [-0.2, -0.15) is 0 Å². The molecule has 0 saturated heterocycles. The van der Waals surface area contributed by atoms with Crippen molar-refractivity contribution in [2.75, 3.05) is 26.4 Å². The standard InChI is InChI=1S/C40H52O10/c1-4-30-29-35(49-39(43)31-15-19-33(20-16-31)45-25-11-7-9-13-27-47-37(41)5-2)23-24-36(30)50-40(44)32-17-21-34(22-18-32)46-26-12-8-10-14-28-48-38(42)6-3/h5-6,15-22,30,35-36H,2-4,7-14,23-29H2,1H3/t30-,35-,36-/m0/s1. The van der Waals surface area contributed by atoms with Crippen LogP contribution >= 0.6 is 0 Å². The molecule has 272 valence electrons. The maximum absolute atomic E-state index is 13.0. The van der Waals surface area contributed by atoms with E-state index in [9.17, 15) is 19.2 Å². The summed E-state index contributed by atoms with van der Waals surface area (Å²) in [6.45, 7) is 10.7. The van der Waals surface area contributed by atoms with Crippen LogP contribution in [0.25, 0.3) is 0 Å². The Morgan fingerprint density at radius 1 is 0.620 bits per heavy atom. The van der Waals surface area contributed by atoms with Crippen molar-refractivity contribution in [2.24, 2.45) is 5.92 Å². The molecule has 0 N–H and O–H groups in total. The van der Waals surface area contributed by atoms with Crippen LogP contribution in [0.4, 0.5) is 0 Å². The van der Waals surface area contributed by atoms with Crippen molar-refractivity contribution >= 4 is 23.9 Å². The normalized spacial score (nSPS) is 16.8. The van der Waals surface area contributed by atoms with Gasteiger partial charge in [0.2, 0.25) is 0 Å². The van der Waals surface area contributed by atoms with Crippen LogP contribution in [0.15, 0.2) is 73.8 Å². The number of ether oxygens (including phenoxy) is 6. The van der Waals surface area contributed by atoms with Gasteiger partial charge in [-0.3, -0.25) is 0 Å². The Morgan fingerprint density at radius 3 is 1.50 bits per heavy atom. The van der Waals surface area contributed by atoms with Crippen molar-refractivity contribution in [1.82, 2.24) is 0 Å². The van der Waals surface area contributed by atoms with Crippen LogP contribution in [0.3, 0.4) is 0 Å². The second kappa shape index (κ2) is 22.9. The molecule has 0 aliphatic heterocycles. The Bertz CT molecular complexity index is 1350. The number of esters is 4. The van der Waals surface area contributed by atoms with E-state index < -0.39 is 11.9 Å². The minimum Gasteiger partial charge on any atom is -0.494 e. The Kier molecular flexibility index (Phi) is 18.3. The summed E-state index contributed by atoms with van der Waals surface area (Å²) >= 11 is 0. The lowest BCUT2D eigenvalue weighted by Gasteiger charge is -2.34. The predicted molar refractivity (Wildman–Crippen MR) is 189 cm³/mol. The molecular formula is C40H52O10. The number of hydrogen-bond acceptors (Lipinski definition) is 10. The molecule has 0 radical (unpaired) electrons. The van der Waals surface area contributed by atoms with Crippen molar-refractivity contribution < 1.29 is 47.6 Å². The number of carbonyl (C=O) groups is 4. The molecule has 3 rings (SSSR count). The Balaban J connectivity index is 1.32. The third-order valence-electron chi connectivity index (χ3n) is 8.54. The zero-order valence-corrected chi connectivity index (χ0v) is 29.3. The summed E-state index contributed by atoms with van der Waals surface area (Å²) in [5.41, 5.74) is 0.926. The molecule has 2 aromatic carbocycles. The van der Waals surface area contributed by atoms with Gasteiger partial charge in [-0.05, 0) is 131 Å². The molecule has 0 aromatic heterocycles. The number of carbonyl (C=O) groups excluding carboxylic acids is 4. The average molecular weight is 693 g/mol. The van der Waals surface area contributed by atoms with E-state index in [4.69, 9.17) is 28.4 Å². The molecular weight excluding hydrogens is 640 g/mol. The molecule has 1 aliphatic rings. The highest BCUT2D eigenvalue weighted by Crippen LogP contribution is 2.32. The first-order valence-corrected chi connectivity index (χ1v) is 17.8. The lowest BCUT2D eigenvalue weighted by atomic mass is 9.83. The van der Waals surface area contributed by atoms with Crippen molar-refractivity contribution in [2.45, 2.75) is 96.2 Å². The van der Waals surface area contributed by atoms with Gasteiger partial charge >= 0.3 is 23.9 Å². The average Bonchev–Trinajstić information content (AvgIpc) is 3.14. The van der Waals surface area contributed by atoms with Gasteiger partial charge in [-0.1, -0.05) is 20.1 Å². The minimum atomic E-state index is -0.397. The van der Waals surface area contributed by atoms with Gasteiger partial charge in [-0.25, -0.2) is 19.2 Å². The van der Waals surface area contributed by atoms with Crippen molar-refractivity contribution in [3.05, 3.63) is 85.0 Å². The smallest absolute Gasteiger partial charge is 0.338 e. The first-order valence-electron chi connectivity index (χ1n) is 17.8. The SMILES string of the molecule is C=CC(=O)OCCCCCCOc1ccc(C(=O)O[C@H]2CC[C@H](OC(=O)c3ccc(OCCCCCCOC(=O)C=C)cc3)[C@@H](CC)C2)cc1. The number of unbranched alkanes of at least 4 members (excludes halogenated alkanes) is 6. The second-order valence-corrected chi connectivity index (χ2v) is 12.3. The first kappa shape index (κ1) is 39.8. The van der Waals surface area contributed by atoms with E-state index in [2.05, 4.69) is 20.1 Å². The third-order valence-corrected chi connectivity index (χ3v) is 8.54. The second-order valence-electron chi connectivity index (χ2n) is 12.3. The van der Waals surface area contributed by atoms with Crippen molar-refractivity contribution in [3.63, 3.8) is 0 Å². The van der Waals surface area contributed by atoms with E-state index in [1.807, 2.05) is 0 Å². The molecule has 50 heavy (non-hydrogen) atoms. The van der Waals surface area contributed by atoms with Crippen LogP contribution in [0.1, 0.15) is 105 Å². The summed E-state index contributed by atoms with van der Waals surface area (Å²) < 4.78 is 33.3. The van der Waals surface area contributed by atoms with Crippen LogP contribution in [-0.4, -0.2) is 62.5 Å². The fourth-order valence-corrected chi connectivity index (χ4v) is 5.64. The number of hydrogen-bond donors (Lipinski definition) is 0. The molecule has 10 nitrogen and oxygen atoms in total. The van der Waals surface area contributed by atoms with Crippen molar-refractivity contribution in [3.8, 4) is 11.5 Å². The van der Waals surface area contributed by atoms with Gasteiger partial charge in [0.05, 0.1) is 37.6 Å². The fraction of sp³-hybridized carbons (Fsp3) is 0.500. The minimum absolute atomic E-state index is 0.0834. The van der Waals surface area contributed by atoms with Gasteiger partial charge < -0.3 is 28.4 Å². The zero-order chi connectivity index (χ0) is 36.0. The number of benzene rings is 2. The van der Waals surface area contributed by atoms with Crippen LogP contribution in [0.5, 0.6) is 11.5 Å². The van der Waals surface area contributed by atoms with E-state index in [1.165, 1.54) is 0 Å². The zero-order valence-electron chi connectivity index (χ0n) is 29.3. The third kappa shape index (κ3) is 14.9. The van der Waals surface area contributed by atoms with Crippen LogP contribution in [0.2, 0.25) is 0 Å². The lowest BCUT2D eigenvalue weighted by Crippen LogP contribution is -2.37. The quantitative estimate of drug-likeness (QED) is 0.0490. The van der Waals surface area contributed by atoms with Gasteiger partial charge in [0.1, 0.15) is 23.7 Å². The Labute approximate surface area is 296 Å². The van der Waals surface area contributed by atoms with Gasteiger partial charge in [0.25, 0.3) is 0 Å². The van der Waals surface area contributed by atoms with E-state index in [0.29, 0.717) is 68.3 Å². The topological polar surface area (TPSA) is 124 Å². The predicted octanol–water partition coefficient (Wildman–Crippen LogP) is 7.98. The lowest BCUT2D eigenvalue weighted by molar-refractivity contribution is -0.138. The summed E-state index contributed by atoms with van der Waals surface area (Å²) in [4.78, 5) is 47.9. The molecule has 1 aliphatic carbocycles. The monoisotopic (exact) mass is 692 g/mol. The van der Waals surface area contributed by atoms with Crippen molar-refractivity contribution in [1.29, 1.82) is 0 Å². The molecule has 3 atom stereocenters. The highest BCUT2D eigenvalue weighted by molar-refractivity contribution is 5.90. The Hall–Kier alpha value is -4.60. The molecule has 0 heterocycles. The highest BCUT2D eigenvalue weighted by atomic mass is 16.6. The highest BCUT2D eigenvalue weighted by Gasteiger charge is 2.34. The molecule has 1 fully saturated rings. The molecule has 0 bridgehead atoms. The summed E-state index contributed by atoms with van der Waals surface area (Å²) in [5, 5.41) is 0. The van der Waals surface area contributed by atoms with Gasteiger partial charge in [-0.15, -0.1) is 0 Å². The fourth-order valence-electron chi connectivity index (χ4n) is 5.64. The van der Waals surface area contributed by atoms with Crippen LogP contribution < -0.4 is 9.47 Å². The van der Waals surface area contributed by atoms with Crippen LogP contribution in [-0.2, 0) is 28.5 Å². The maximum atomic E-state index is 13.0. The largest absolute Gasteiger partial charge is 0.494 e.